The first-order chi connectivity index (χ1) is 15.3. The molecule has 0 spiro atoms. The monoisotopic (exact) mass is 435 g/mol. The lowest BCUT2D eigenvalue weighted by molar-refractivity contribution is -0.118. The van der Waals surface area contributed by atoms with Crippen molar-refractivity contribution in [2.45, 2.75) is 72.8 Å². The first-order valence-electron chi connectivity index (χ1n) is 12.0. The van der Waals surface area contributed by atoms with E-state index in [1.807, 2.05) is 37.1 Å². The molecule has 0 unspecified atom stereocenters. The summed E-state index contributed by atoms with van der Waals surface area (Å²) in [6, 6.07) is 18.7. The molecular formula is C29H41NO2. The largest absolute Gasteiger partial charge is 0.484 e. The van der Waals surface area contributed by atoms with Gasteiger partial charge in [-0.25, -0.2) is 0 Å². The van der Waals surface area contributed by atoms with Gasteiger partial charge in [0, 0.05) is 33.4 Å². The van der Waals surface area contributed by atoms with Crippen LogP contribution in [0.4, 0.5) is 0 Å². The molecular weight excluding hydrogens is 394 g/mol. The number of allylic oxidation sites excluding steroid dienone is 2. The summed E-state index contributed by atoms with van der Waals surface area (Å²) < 4.78 is 6.03. The van der Waals surface area contributed by atoms with Crippen LogP contribution in [0.1, 0.15) is 63.6 Å². The standard InChI is InChI=1S/C17H23NO2.C7H8.C5H10/c1-5-18(4)12(2)17(13(3)19)20-16-10-14-8-6-7-9-15(14)11-16;1-7-5-3-2-4-6-7;1-5-3-2-4-5/h6-9,16H,5,10-11H2,1-4H3;2-6H,1H3;5H,2-4H2,1H3/b17-12-;;. The molecule has 0 bridgehead atoms. The summed E-state index contributed by atoms with van der Waals surface area (Å²) in [4.78, 5) is 13.9. The highest BCUT2D eigenvalue weighted by atomic mass is 16.5. The minimum Gasteiger partial charge on any atom is -0.484 e. The Labute approximate surface area is 195 Å². The fraction of sp³-hybridized carbons (Fsp3) is 0.483. The Bertz CT molecular complexity index is 843. The summed E-state index contributed by atoms with van der Waals surface area (Å²) in [5.74, 6) is 1.57. The molecule has 0 atom stereocenters. The van der Waals surface area contributed by atoms with Crippen molar-refractivity contribution in [3.8, 4) is 0 Å². The number of hydrogen-bond donors (Lipinski definition) is 0. The molecule has 3 nitrogen and oxygen atoms in total. The van der Waals surface area contributed by atoms with E-state index in [4.69, 9.17) is 4.74 Å². The minimum absolute atomic E-state index is 0.00115. The average molecular weight is 436 g/mol. The van der Waals surface area contributed by atoms with Gasteiger partial charge in [0.15, 0.2) is 11.5 Å². The number of nitrogens with zero attached hydrogens (tertiary/aromatic N) is 1. The van der Waals surface area contributed by atoms with Crippen LogP contribution in [0.25, 0.3) is 0 Å². The lowest BCUT2D eigenvalue weighted by atomic mass is 9.88. The maximum absolute atomic E-state index is 11.9. The van der Waals surface area contributed by atoms with Crippen LogP contribution >= 0.6 is 0 Å². The Morgan fingerprint density at radius 1 is 0.969 bits per heavy atom. The van der Waals surface area contributed by atoms with E-state index in [-0.39, 0.29) is 11.9 Å². The van der Waals surface area contributed by atoms with Crippen LogP contribution < -0.4 is 0 Å². The first-order valence-corrected chi connectivity index (χ1v) is 12.0. The van der Waals surface area contributed by atoms with Gasteiger partial charge in [-0.3, -0.25) is 4.79 Å². The van der Waals surface area contributed by atoms with Gasteiger partial charge in [-0.2, -0.15) is 0 Å². The van der Waals surface area contributed by atoms with Crippen molar-refractivity contribution < 1.29 is 9.53 Å². The van der Waals surface area contributed by atoms with E-state index >= 15 is 0 Å². The third-order valence-electron chi connectivity index (χ3n) is 6.33. The van der Waals surface area contributed by atoms with E-state index in [0.29, 0.717) is 5.76 Å². The van der Waals surface area contributed by atoms with Crippen LogP contribution in [0.5, 0.6) is 0 Å². The van der Waals surface area contributed by atoms with Crippen LogP contribution in [0, 0.1) is 12.8 Å². The van der Waals surface area contributed by atoms with Crippen LogP contribution in [0.15, 0.2) is 66.1 Å². The van der Waals surface area contributed by atoms with E-state index in [0.717, 1.165) is 31.0 Å². The number of hydrogen-bond acceptors (Lipinski definition) is 3. The van der Waals surface area contributed by atoms with E-state index in [2.05, 4.69) is 57.2 Å². The molecule has 0 amide bonds. The smallest absolute Gasteiger partial charge is 0.196 e. The van der Waals surface area contributed by atoms with E-state index in [1.165, 1.54) is 36.0 Å². The summed E-state index contributed by atoms with van der Waals surface area (Å²) >= 11 is 0. The van der Waals surface area contributed by atoms with Gasteiger partial charge >= 0.3 is 0 Å². The van der Waals surface area contributed by atoms with Crippen molar-refractivity contribution in [2.75, 3.05) is 13.6 Å². The SMILES string of the molecule is CC1CCC1.CCN(C)/C(C)=C(\OC1Cc2ccccc2C1)C(C)=O.Cc1ccccc1. The molecule has 0 aromatic heterocycles. The van der Waals surface area contributed by atoms with Crippen LogP contribution in [0.2, 0.25) is 0 Å². The molecule has 174 valence electrons. The molecule has 0 aliphatic heterocycles. The highest BCUT2D eigenvalue weighted by Gasteiger charge is 2.25. The second-order valence-electron chi connectivity index (χ2n) is 9.09. The maximum Gasteiger partial charge on any atom is 0.196 e. The topological polar surface area (TPSA) is 29.5 Å². The maximum atomic E-state index is 11.9. The Morgan fingerprint density at radius 3 is 1.81 bits per heavy atom. The molecule has 3 heteroatoms. The Balaban J connectivity index is 0.000000244. The summed E-state index contributed by atoms with van der Waals surface area (Å²) in [5, 5.41) is 0. The highest BCUT2D eigenvalue weighted by Crippen LogP contribution is 2.26. The van der Waals surface area contributed by atoms with Gasteiger partial charge in [-0.05, 0) is 37.8 Å². The van der Waals surface area contributed by atoms with Gasteiger partial charge < -0.3 is 9.64 Å². The van der Waals surface area contributed by atoms with Crippen molar-refractivity contribution in [1.82, 2.24) is 4.90 Å². The van der Waals surface area contributed by atoms with Crippen LogP contribution in [-0.2, 0) is 22.4 Å². The fourth-order valence-electron chi connectivity index (χ4n) is 3.75. The number of carbonyl (C=O) groups excluding carboxylic acids is 1. The zero-order valence-corrected chi connectivity index (χ0v) is 20.9. The summed E-state index contributed by atoms with van der Waals surface area (Å²) in [6.45, 7) is 10.8. The fourth-order valence-corrected chi connectivity index (χ4v) is 3.75. The van der Waals surface area contributed by atoms with Crippen molar-refractivity contribution in [2.24, 2.45) is 5.92 Å². The number of Topliss-reactive ketones (excluding diaryl/α,β-unsaturated/α-hetero) is 1. The third-order valence-corrected chi connectivity index (χ3v) is 6.33. The second-order valence-corrected chi connectivity index (χ2v) is 9.09. The lowest BCUT2D eigenvalue weighted by Gasteiger charge is -2.23. The number of ether oxygens (including phenoxy) is 1. The number of rotatable bonds is 5. The summed E-state index contributed by atoms with van der Waals surface area (Å²) in [7, 11) is 1.98. The van der Waals surface area contributed by atoms with Gasteiger partial charge in [0.2, 0.25) is 0 Å². The molecule has 2 aromatic rings. The zero-order valence-electron chi connectivity index (χ0n) is 20.9. The quantitative estimate of drug-likeness (QED) is 0.384. The molecule has 2 aliphatic rings. The number of ketones is 1. The zero-order chi connectivity index (χ0) is 23.5. The number of aryl methyl sites for hydroxylation is 1. The van der Waals surface area contributed by atoms with Gasteiger partial charge in [0.1, 0.15) is 6.10 Å². The molecule has 0 N–H and O–H groups in total. The Morgan fingerprint density at radius 2 is 1.47 bits per heavy atom. The molecule has 1 saturated carbocycles. The van der Waals surface area contributed by atoms with Crippen molar-refractivity contribution >= 4 is 5.78 Å². The minimum atomic E-state index is -0.00115. The molecule has 0 radical (unpaired) electrons. The molecule has 0 heterocycles. The van der Waals surface area contributed by atoms with Crippen LogP contribution in [-0.4, -0.2) is 30.4 Å². The van der Waals surface area contributed by atoms with E-state index < -0.39 is 0 Å². The molecule has 32 heavy (non-hydrogen) atoms. The summed E-state index contributed by atoms with van der Waals surface area (Å²) in [5.41, 5.74) is 4.90. The molecule has 2 aromatic carbocycles. The molecule has 0 saturated heterocycles. The molecule has 2 aliphatic carbocycles. The predicted octanol–water partition coefficient (Wildman–Crippen LogP) is 6.74. The van der Waals surface area contributed by atoms with Crippen molar-refractivity contribution in [1.29, 1.82) is 0 Å². The number of fused-ring (bicyclic) bond motifs is 1. The highest BCUT2D eigenvalue weighted by molar-refractivity contribution is 5.91. The van der Waals surface area contributed by atoms with Crippen molar-refractivity contribution in [3.05, 3.63) is 82.7 Å². The average Bonchev–Trinajstić information content (AvgIpc) is 3.19. The van der Waals surface area contributed by atoms with Crippen LogP contribution in [0.3, 0.4) is 0 Å². The Hall–Kier alpha value is -2.55. The first kappa shape index (κ1) is 25.7. The van der Waals surface area contributed by atoms with E-state index in [1.54, 1.807) is 6.92 Å². The predicted molar refractivity (Wildman–Crippen MR) is 135 cm³/mol. The normalized spacial score (nSPS) is 15.7. The molecule has 4 rings (SSSR count). The van der Waals surface area contributed by atoms with Gasteiger partial charge in [-0.15, -0.1) is 0 Å². The lowest BCUT2D eigenvalue weighted by Crippen LogP contribution is -2.23. The molecule has 1 fully saturated rings. The summed E-state index contributed by atoms with van der Waals surface area (Å²) in [6.07, 6.45) is 6.30. The number of carbonyl (C=O) groups is 1. The van der Waals surface area contributed by atoms with Gasteiger partial charge in [0.25, 0.3) is 0 Å². The van der Waals surface area contributed by atoms with Gasteiger partial charge in [0.05, 0.1) is 5.70 Å². The van der Waals surface area contributed by atoms with E-state index in [9.17, 15) is 4.79 Å². The Kier molecular flexibility index (Phi) is 10.5. The number of benzene rings is 2. The third kappa shape index (κ3) is 8.18. The van der Waals surface area contributed by atoms with Gasteiger partial charge in [-0.1, -0.05) is 86.3 Å². The van der Waals surface area contributed by atoms with Crippen molar-refractivity contribution in [3.63, 3.8) is 0 Å². The second kappa shape index (κ2) is 13.1.